The van der Waals surface area contributed by atoms with E-state index in [1.165, 1.54) is 0 Å². The first-order valence-corrected chi connectivity index (χ1v) is 7.19. The summed E-state index contributed by atoms with van der Waals surface area (Å²) < 4.78 is 0. The quantitative estimate of drug-likeness (QED) is 0.725. The maximum Gasteiger partial charge on any atom is 0.228 e. The van der Waals surface area contributed by atoms with Gasteiger partial charge >= 0.3 is 0 Å². The highest BCUT2D eigenvalue weighted by molar-refractivity contribution is 6.39. The smallest absolute Gasteiger partial charge is 0.228 e. The summed E-state index contributed by atoms with van der Waals surface area (Å²) in [6.07, 6.45) is 2.13. The molecule has 0 unspecified atom stereocenters. The number of halogens is 2. The van der Waals surface area contributed by atoms with Crippen molar-refractivity contribution in [3.63, 3.8) is 0 Å². The van der Waals surface area contributed by atoms with Crippen molar-refractivity contribution in [2.75, 3.05) is 5.32 Å². The minimum Gasteiger partial charge on any atom is -0.361 e. The number of carbonyl (C=O) groups excluding carboxylic acids is 1. The third-order valence-electron chi connectivity index (χ3n) is 3.21. The largest absolute Gasteiger partial charge is 0.361 e. The van der Waals surface area contributed by atoms with E-state index in [0.717, 1.165) is 16.5 Å². The standard InChI is InChI=1S/C16H12Cl2N2O/c17-12-2-1-3-13(18)16(12)20-15(21)9-10-4-5-11-6-7-19-14(11)8-10/h1-8,19H,9H2,(H,20,21). The van der Waals surface area contributed by atoms with Crippen LogP contribution in [0.5, 0.6) is 0 Å². The number of H-pyrrole nitrogens is 1. The lowest BCUT2D eigenvalue weighted by atomic mass is 10.1. The van der Waals surface area contributed by atoms with Gasteiger partial charge in [0.05, 0.1) is 22.2 Å². The van der Waals surface area contributed by atoms with E-state index in [2.05, 4.69) is 10.3 Å². The summed E-state index contributed by atoms with van der Waals surface area (Å²) in [5, 5.41) is 4.73. The molecule has 3 aromatic rings. The molecular weight excluding hydrogens is 307 g/mol. The number of carbonyl (C=O) groups is 1. The van der Waals surface area contributed by atoms with Gasteiger partial charge in [-0.05, 0) is 35.2 Å². The van der Waals surface area contributed by atoms with Crippen molar-refractivity contribution in [1.82, 2.24) is 4.98 Å². The number of benzene rings is 2. The van der Waals surface area contributed by atoms with Crippen LogP contribution >= 0.6 is 23.2 Å². The number of aromatic amines is 1. The fourth-order valence-electron chi connectivity index (χ4n) is 2.19. The van der Waals surface area contributed by atoms with Crippen LogP contribution in [-0.4, -0.2) is 10.9 Å². The number of hydrogen-bond acceptors (Lipinski definition) is 1. The zero-order chi connectivity index (χ0) is 14.8. The second-order valence-electron chi connectivity index (χ2n) is 4.72. The van der Waals surface area contributed by atoms with Gasteiger partial charge in [-0.3, -0.25) is 4.79 Å². The van der Waals surface area contributed by atoms with E-state index in [-0.39, 0.29) is 12.3 Å². The molecule has 0 aliphatic heterocycles. The molecule has 1 amide bonds. The molecule has 0 atom stereocenters. The summed E-state index contributed by atoms with van der Waals surface area (Å²) >= 11 is 12.1. The third-order valence-corrected chi connectivity index (χ3v) is 3.84. The number of anilines is 1. The van der Waals surface area contributed by atoms with Crippen molar-refractivity contribution in [1.29, 1.82) is 0 Å². The highest BCUT2D eigenvalue weighted by atomic mass is 35.5. The number of para-hydroxylation sites is 1. The lowest BCUT2D eigenvalue weighted by molar-refractivity contribution is -0.115. The Morgan fingerprint density at radius 3 is 2.62 bits per heavy atom. The van der Waals surface area contributed by atoms with Gasteiger partial charge in [-0.2, -0.15) is 0 Å². The van der Waals surface area contributed by atoms with Gasteiger partial charge in [-0.25, -0.2) is 0 Å². The minimum atomic E-state index is -0.157. The fourth-order valence-corrected chi connectivity index (χ4v) is 2.68. The van der Waals surface area contributed by atoms with Gasteiger partial charge in [0.25, 0.3) is 0 Å². The predicted molar refractivity (Wildman–Crippen MR) is 87.1 cm³/mol. The van der Waals surface area contributed by atoms with Crippen LogP contribution in [0.25, 0.3) is 10.9 Å². The molecule has 5 heteroatoms. The topological polar surface area (TPSA) is 44.9 Å². The molecule has 1 heterocycles. The molecule has 0 saturated carbocycles. The average molecular weight is 319 g/mol. The Hall–Kier alpha value is -1.97. The SMILES string of the molecule is O=C(Cc1ccc2cc[nH]c2c1)Nc1c(Cl)cccc1Cl. The van der Waals surface area contributed by atoms with E-state index < -0.39 is 0 Å². The molecule has 2 aromatic carbocycles. The van der Waals surface area contributed by atoms with E-state index in [1.54, 1.807) is 18.2 Å². The number of aromatic nitrogens is 1. The molecule has 0 aliphatic rings. The predicted octanol–water partition coefficient (Wildman–Crippen LogP) is 4.66. The van der Waals surface area contributed by atoms with Crippen LogP contribution < -0.4 is 5.32 Å². The molecule has 0 saturated heterocycles. The Morgan fingerprint density at radius 2 is 1.86 bits per heavy atom. The van der Waals surface area contributed by atoms with Crippen molar-refractivity contribution in [3.8, 4) is 0 Å². The maximum absolute atomic E-state index is 12.1. The summed E-state index contributed by atoms with van der Waals surface area (Å²) in [5.74, 6) is -0.157. The van der Waals surface area contributed by atoms with Crippen LogP contribution in [-0.2, 0) is 11.2 Å². The molecule has 1 aromatic heterocycles. The third kappa shape index (κ3) is 3.04. The van der Waals surface area contributed by atoms with Crippen molar-refractivity contribution in [2.45, 2.75) is 6.42 Å². The molecule has 0 spiro atoms. The van der Waals surface area contributed by atoms with Crippen LogP contribution in [0.4, 0.5) is 5.69 Å². The Labute approximate surface area is 131 Å². The molecule has 21 heavy (non-hydrogen) atoms. The lowest BCUT2D eigenvalue weighted by Gasteiger charge is -2.09. The first kappa shape index (κ1) is 14.0. The van der Waals surface area contributed by atoms with E-state index >= 15 is 0 Å². The van der Waals surface area contributed by atoms with Gasteiger partial charge in [0.1, 0.15) is 0 Å². The van der Waals surface area contributed by atoms with E-state index in [4.69, 9.17) is 23.2 Å². The summed E-state index contributed by atoms with van der Waals surface area (Å²) in [5.41, 5.74) is 2.38. The molecular formula is C16H12Cl2N2O. The van der Waals surface area contributed by atoms with Gasteiger partial charge in [-0.1, -0.05) is 41.4 Å². The van der Waals surface area contributed by atoms with Gasteiger partial charge < -0.3 is 10.3 Å². The van der Waals surface area contributed by atoms with E-state index in [0.29, 0.717) is 15.7 Å². The van der Waals surface area contributed by atoms with E-state index in [1.807, 2.05) is 30.5 Å². The number of amides is 1. The zero-order valence-electron chi connectivity index (χ0n) is 11.0. The Balaban J connectivity index is 1.77. The normalized spacial score (nSPS) is 10.8. The van der Waals surface area contributed by atoms with Crippen LogP contribution in [0.1, 0.15) is 5.56 Å². The molecule has 0 radical (unpaired) electrons. The summed E-state index contributed by atoms with van der Waals surface area (Å²) in [4.78, 5) is 15.2. The summed E-state index contributed by atoms with van der Waals surface area (Å²) in [6, 6.07) is 13.0. The number of hydrogen-bond donors (Lipinski definition) is 2. The van der Waals surface area contributed by atoms with Gasteiger partial charge in [0.15, 0.2) is 0 Å². The van der Waals surface area contributed by atoms with Crippen molar-refractivity contribution >= 4 is 45.7 Å². The molecule has 0 bridgehead atoms. The van der Waals surface area contributed by atoms with Crippen LogP contribution in [0.3, 0.4) is 0 Å². The van der Waals surface area contributed by atoms with Crippen LogP contribution in [0.2, 0.25) is 10.0 Å². The molecule has 3 nitrogen and oxygen atoms in total. The summed E-state index contributed by atoms with van der Waals surface area (Å²) in [6.45, 7) is 0. The van der Waals surface area contributed by atoms with Crippen molar-refractivity contribution in [2.24, 2.45) is 0 Å². The van der Waals surface area contributed by atoms with Gasteiger partial charge in [-0.15, -0.1) is 0 Å². The zero-order valence-corrected chi connectivity index (χ0v) is 12.5. The first-order chi connectivity index (χ1) is 10.1. The second kappa shape index (κ2) is 5.80. The van der Waals surface area contributed by atoms with Gasteiger partial charge in [0.2, 0.25) is 5.91 Å². The molecule has 3 rings (SSSR count). The van der Waals surface area contributed by atoms with Crippen LogP contribution in [0, 0.1) is 0 Å². The molecule has 2 N–H and O–H groups in total. The average Bonchev–Trinajstić information content (AvgIpc) is 2.90. The highest BCUT2D eigenvalue weighted by Gasteiger charge is 2.10. The number of rotatable bonds is 3. The molecule has 0 fully saturated rings. The highest BCUT2D eigenvalue weighted by Crippen LogP contribution is 2.29. The molecule has 106 valence electrons. The van der Waals surface area contributed by atoms with Crippen LogP contribution in [0.15, 0.2) is 48.7 Å². The fraction of sp³-hybridized carbons (Fsp3) is 0.0625. The Kier molecular flexibility index (Phi) is 3.86. The van der Waals surface area contributed by atoms with E-state index in [9.17, 15) is 4.79 Å². The second-order valence-corrected chi connectivity index (χ2v) is 5.54. The monoisotopic (exact) mass is 318 g/mol. The minimum absolute atomic E-state index is 0.157. The summed E-state index contributed by atoms with van der Waals surface area (Å²) in [7, 11) is 0. The lowest BCUT2D eigenvalue weighted by Crippen LogP contribution is -2.15. The maximum atomic E-state index is 12.1. The molecule has 0 aliphatic carbocycles. The Morgan fingerprint density at radius 1 is 1.10 bits per heavy atom. The number of nitrogens with one attached hydrogen (secondary N) is 2. The van der Waals surface area contributed by atoms with Crippen molar-refractivity contribution < 1.29 is 4.79 Å². The van der Waals surface area contributed by atoms with Crippen molar-refractivity contribution in [3.05, 3.63) is 64.3 Å². The first-order valence-electron chi connectivity index (χ1n) is 6.43. The Bertz CT molecular complexity index is 791. The number of fused-ring (bicyclic) bond motifs is 1. The van der Waals surface area contributed by atoms with Gasteiger partial charge in [0, 0.05) is 11.7 Å².